The highest BCUT2D eigenvalue weighted by atomic mass is 16.4. The number of hydrogen-bond acceptors (Lipinski definition) is 2. The Labute approximate surface area is 66.8 Å². The second-order valence-corrected chi connectivity index (χ2v) is 3.50. The molecule has 1 saturated carbocycles. The van der Waals surface area contributed by atoms with Gasteiger partial charge in [-0.1, -0.05) is 6.92 Å². The van der Waals surface area contributed by atoms with Crippen molar-refractivity contribution in [1.29, 1.82) is 0 Å². The molecule has 0 bridgehead atoms. The van der Waals surface area contributed by atoms with Crippen LogP contribution in [0.1, 0.15) is 26.7 Å². The summed E-state index contributed by atoms with van der Waals surface area (Å²) in [5, 5.41) is 11.6. The maximum atomic E-state index is 10.4. The van der Waals surface area contributed by atoms with Crippen LogP contribution in [0.5, 0.6) is 0 Å². The number of nitrogens with one attached hydrogen (secondary N) is 1. The van der Waals surface area contributed by atoms with Crippen molar-refractivity contribution in [3.05, 3.63) is 0 Å². The quantitative estimate of drug-likeness (QED) is 0.638. The lowest BCUT2D eigenvalue weighted by Crippen LogP contribution is -2.47. The molecule has 0 aromatic heterocycles. The SMILES string of the molecule is CC1CC(N[C@H](C)C(=O)O)C1. The number of aliphatic carboxylic acids is 1. The first-order valence-electron chi connectivity index (χ1n) is 4.08. The first kappa shape index (κ1) is 8.53. The Bertz CT molecular complexity index is 152. The van der Waals surface area contributed by atoms with Gasteiger partial charge >= 0.3 is 5.97 Å². The molecular weight excluding hydrogens is 142 g/mol. The molecular formula is C8H15NO2. The summed E-state index contributed by atoms with van der Waals surface area (Å²) in [4.78, 5) is 10.4. The topological polar surface area (TPSA) is 49.3 Å². The van der Waals surface area contributed by atoms with Crippen LogP contribution in [0, 0.1) is 5.92 Å². The van der Waals surface area contributed by atoms with E-state index in [1.54, 1.807) is 6.92 Å². The third-order valence-electron chi connectivity index (χ3n) is 2.23. The fraction of sp³-hybridized carbons (Fsp3) is 0.875. The van der Waals surface area contributed by atoms with Crippen LogP contribution >= 0.6 is 0 Å². The largest absolute Gasteiger partial charge is 0.480 e. The van der Waals surface area contributed by atoms with Gasteiger partial charge in [0.1, 0.15) is 6.04 Å². The monoisotopic (exact) mass is 157 g/mol. The van der Waals surface area contributed by atoms with Crippen LogP contribution in [0.3, 0.4) is 0 Å². The normalized spacial score (nSPS) is 32.5. The van der Waals surface area contributed by atoms with E-state index in [1.165, 1.54) is 0 Å². The molecule has 3 heteroatoms. The van der Waals surface area contributed by atoms with Gasteiger partial charge in [-0.15, -0.1) is 0 Å². The maximum Gasteiger partial charge on any atom is 0.320 e. The van der Waals surface area contributed by atoms with E-state index in [9.17, 15) is 4.79 Å². The highest BCUT2D eigenvalue weighted by Crippen LogP contribution is 2.26. The minimum atomic E-state index is -0.760. The summed E-state index contributed by atoms with van der Waals surface area (Å²) in [6.07, 6.45) is 2.25. The van der Waals surface area contributed by atoms with Crippen molar-refractivity contribution in [2.45, 2.75) is 38.8 Å². The first-order valence-corrected chi connectivity index (χ1v) is 4.08. The predicted octanol–water partition coefficient (Wildman–Crippen LogP) is 0.848. The van der Waals surface area contributed by atoms with E-state index in [4.69, 9.17) is 5.11 Å². The highest BCUT2D eigenvalue weighted by molar-refractivity contribution is 5.72. The van der Waals surface area contributed by atoms with Crippen molar-refractivity contribution in [2.24, 2.45) is 5.92 Å². The number of carboxylic acid groups (broad SMARTS) is 1. The fourth-order valence-corrected chi connectivity index (χ4v) is 1.46. The van der Waals surface area contributed by atoms with Crippen molar-refractivity contribution in [2.75, 3.05) is 0 Å². The van der Waals surface area contributed by atoms with Crippen LogP contribution in [0.15, 0.2) is 0 Å². The van der Waals surface area contributed by atoms with Gasteiger partial charge in [-0.05, 0) is 25.7 Å². The zero-order chi connectivity index (χ0) is 8.43. The molecule has 1 atom stereocenters. The zero-order valence-corrected chi connectivity index (χ0v) is 7.00. The molecule has 11 heavy (non-hydrogen) atoms. The van der Waals surface area contributed by atoms with E-state index in [2.05, 4.69) is 12.2 Å². The van der Waals surface area contributed by atoms with Gasteiger partial charge in [-0.25, -0.2) is 0 Å². The van der Waals surface area contributed by atoms with E-state index >= 15 is 0 Å². The summed E-state index contributed by atoms with van der Waals surface area (Å²) >= 11 is 0. The van der Waals surface area contributed by atoms with E-state index in [1.807, 2.05) is 0 Å². The number of carbonyl (C=O) groups is 1. The van der Waals surface area contributed by atoms with Gasteiger partial charge in [0, 0.05) is 6.04 Å². The van der Waals surface area contributed by atoms with Gasteiger partial charge in [0.05, 0.1) is 0 Å². The van der Waals surface area contributed by atoms with Gasteiger partial charge < -0.3 is 10.4 Å². The Morgan fingerprint density at radius 2 is 2.18 bits per heavy atom. The molecule has 1 rings (SSSR count). The summed E-state index contributed by atoms with van der Waals surface area (Å²) in [6.45, 7) is 3.87. The van der Waals surface area contributed by atoms with E-state index in [0.717, 1.165) is 18.8 Å². The lowest BCUT2D eigenvalue weighted by Gasteiger charge is -2.34. The number of carboxylic acids is 1. The molecule has 0 amide bonds. The minimum absolute atomic E-state index is 0.396. The Morgan fingerprint density at radius 3 is 2.55 bits per heavy atom. The minimum Gasteiger partial charge on any atom is -0.480 e. The molecule has 0 spiro atoms. The maximum absolute atomic E-state index is 10.4. The van der Waals surface area contributed by atoms with E-state index in [-0.39, 0.29) is 0 Å². The Kier molecular flexibility index (Phi) is 2.49. The molecule has 2 N–H and O–H groups in total. The van der Waals surface area contributed by atoms with E-state index in [0.29, 0.717) is 6.04 Å². The number of hydrogen-bond donors (Lipinski definition) is 2. The average Bonchev–Trinajstić information content (AvgIpc) is 1.84. The molecule has 64 valence electrons. The van der Waals surface area contributed by atoms with E-state index < -0.39 is 12.0 Å². The smallest absolute Gasteiger partial charge is 0.320 e. The van der Waals surface area contributed by atoms with Crippen LogP contribution in [0.2, 0.25) is 0 Å². The van der Waals surface area contributed by atoms with Gasteiger partial charge in [0.15, 0.2) is 0 Å². The molecule has 0 aliphatic heterocycles. The van der Waals surface area contributed by atoms with Crippen molar-refractivity contribution in [3.63, 3.8) is 0 Å². The fourth-order valence-electron chi connectivity index (χ4n) is 1.46. The van der Waals surface area contributed by atoms with Crippen LogP contribution in [0.4, 0.5) is 0 Å². The molecule has 1 aliphatic carbocycles. The van der Waals surface area contributed by atoms with Crippen LogP contribution in [-0.4, -0.2) is 23.2 Å². The molecule has 0 unspecified atom stereocenters. The molecule has 0 saturated heterocycles. The van der Waals surface area contributed by atoms with Gasteiger partial charge in [-0.2, -0.15) is 0 Å². The van der Waals surface area contributed by atoms with Gasteiger partial charge in [-0.3, -0.25) is 4.79 Å². The van der Waals surface area contributed by atoms with Crippen molar-refractivity contribution < 1.29 is 9.90 Å². The third-order valence-corrected chi connectivity index (χ3v) is 2.23. The third kappa shape index (κ3) is 2.19. The lowest BCUT2D eigenvalue weighted by atomic mass is 9.81. The second-order valence-electron chi connectivity index (χ2n) is 3.50. The summed E-state index contributed by atoms with van der Waals surface area (Å²) in [6, 6.07) is 0.0450. The average molecular weight is 157 g/mol. The molecule has 1 aliphatic rings. The highest BCUT2D eigenvalue weighted by Gasteiger charge is 2.27. The van der Waals surface area contributed by atoms with Crippen molar-refractivity contribution in [3.8, 4) is 0 Å². The summed E-state index contributed by atoms with van der Waals surface area (Å²) < 4.78 is 0. The Balaban J connectivity index is 2.16. The number of rotatable bonds is 3. The molecule has 0 radical (unpaired) electrons. The molecule has 0 aromatic carbocycles. The molecule has 3 nitrogen and oxygen atoms in total. The summed E-state index contributed by atoms with van der Waals surface area (Å²) in [5.41, 5.74) is 0. The van der Waals surface area contributed by atoms with Gasteiger partial charge in [0.2, 0.25) is 0 Å². The molecule has 0 aromatic rings. The van der Waals surface area contributed by atoms with Crippen molar-refractivity contribution >= 4 is 5.97 Å². The lowest BCUT2D eigenvalue weighted by molar-refractivity contribution is -0.139. The Hall–Kier alpha value is -0.570. The van der Waals surface area contributed by atoms with Crippen LogP contribution < -0.4 is 5.32 Å². The second kappa shape index (κ2) is 3.22. The molecule has 0 heterocycles. The van der Waals surface area contributed by atoms with Crippen LogP contribution in [-0.2, 0) is 4.79 Å². The molecule has 1 fully saturated rings. The first-order chi connectivity index (χ1) is 5.09. The predicted molar refractivity (Wildman–Crippen MR) is 42.4 cm³/mol. The van der Waals surface area contributed by atoms with Crippen LogP contribution in [0.25, 0.3) is 0 Å². The standard InChI is InChI=1S/C8H15NO2/c1-5-3-7(4-5)9-6(2)8(10)11/h5-7,9H,3-4H2,1-2H3,(H,10,11)/t5?,6-,7?/m1/s1. The summed E-state index contributed by atoms with van der Waals surface area (Å²) in [5.74, 6) is 0.0121. The zero-order valence-electron chi connectivity index (χ0n) is 7.00. The Morgan fingerprint density at radius 1 is 1.64 bits per heavy atom. The summed E-state index contributed by atoms with van der Waals surface area (Å²) in [7, 11) is 0. The van der Waals surface area contributed by atoms with Gasteiger partial charge in [0.25, 0.3) is 0 Å². The van der Waals surface area contributed by atoms with Crippen molar-refractivity contribution in [1.82, 2.24) is 5.32 Å².